The van der Waals surface area contributed by atoms with Crippen LogP contribution in [0.3, 0.4) is 0 Å². The minimum absolute atomic E-state index is 0.156. The molecule has 1 unspecified atom stereocenters. The van der Waals surface area contributed by atoms with Crippen molar-refractivity contribution in [3.05, 3.63) is 89.2 Å². The second-order valence-electron chi connectivity index (χ2n) is 10.0. The van der Waals surface area contributed by atoms with E-state index in [0.717, 1.165) is 30.9 Å². The molecule has 3 aromatic rings. The fourth-order valence-electron chi connectivity index (χ4n) is 3.99. The lowest BCUT2D eigenvalue weighted by molar-refractivity contribution is 0.0532. The van der Waals surface area contributed by atoms with Crippen molar-refractivity contribution in [1.29, 1.82) is 0 Å². The zero-order valence-corrected chi connectivity index (χ0v) is 21.3. The van der Waals surface area contributed by atoms with Crippen LogP contribution in [0, 0.1) is 6.92 Å². The van der Waals surface area contributed by atoms with E-state index >= 15 is 0 Å². The van der Waals surface area contributed by atoms with Gasteiger partial charge in [0.25, 0.3) is 0 Å². The number of aryl methyl sites for hydroxylation is 1. The van der Waals surface area contributed by atoms with Crippen molar-refractivity contribution in [2.24, 2.45) is 0 Å². The van der Waals surface area contributed by atoms with Crippen molar-refractivity contribution in [3.63, 3.8) is 0 Å². The van der Waals surface area contributed by atoms with Crippen molar-refractivity contribution >= 4 is 0 Å². The number of hydrogen-bond acceptors (Lipinski definition) is 4. The Morgan fingerprint density at radius 3 is 2.41 bits per heavy atom. The fraction of sp³-hybridized carbons (Fsp3) is 0.448. The first-order valence-electron chi connectivity index (χ1n) is 12.1. The van der Waals surface area contributed by atoms with E-state index in [4.69, 9.17) is 9.47 Å². The summed E-state index contributed by atoms with van der Waals surface area (Å²) >= 11 is 0. The van der Waals surface area contributed by atoms with Crippen LogP contribution in [-0.2, 0) is 23.2 Å². The van der Waals surface area contributed by atoms with Gasteiger partial charge in [0.05, 0.1) is 6.61 Å². The summed E-state index contributed by atoms with van der Waals surface area (Å²) < 4.78 is 13.5. The third-order valence-electron chi connectivity index (χ3n) is 6.09. The summed E-state index contributed by atoms with van der Waals surface area (Å²) in [5.41, 5.74) is 5.06. The molecule has 0 radical (unpaired) electrons. The minimum Gasteiger partial charge on any atom is -0.491 e. The number of ether oxygens (including phenoxy) is 2. The molecule has 2 aromatic carbocycles. The molecule has 3 rings (SSSR count). The van der Waals surface area contributed by atoms with E-state index < -0.39 is 6.10 Å². The summed E-state index contributed by atoms with van der Waals surface area (Å²) in [5.74, 6) is 0.816. The Hall–Kier alpha value is -2.60. The molecule has 0 amide bonds. The first-order valence-corrected chi connectivity index (χ1v) is 12.1. The Labute approximate surface area is 204 Å². The van der Waals surface area contributed by atoms with Gasteiger partial charge in [-0.05, 0) is 47.2 Å². The smallest absolute Gasteiger partial charge is 0.122 e. The lowest BCUT2D eigenvalue weighted by Gasteiger charge is -2.26. The normalized spacial score (nSPS) is 12.8. The van der Waals surface area contributed by atoms with E-state index in [1.165, 1.54) is 16.8 Å². The monoisotopic (exact) mass is 464 g/mol. The van der Waals surface area contributed by atoms with Gasteiger partial charge in [-0.3, -0.25) is 4.90 Å². The number of nitrogens with zero attached hydrogens (tertiary/aromatic N) is 2. The van der Waals surface area contributed by atoms with E-state index in [1.54, 1.807) is 7.11 Å². The Morgan fingerprint density at radius 1 is 1.00 bits per heavy atom. The molecule has 0 fully saturated rings. The average molecular weight is 465 g/mol. The maximum absolute atomic E-state index is 10.7. The molecule has 0 aliphatic heterocycles. The standard InChI is InChI=1S/C29H40N2O3/c1-23-9-6-7-11-28(23)34-22-27(32)21-30(17-18-33-5)20-26-10-8-16-31(26)19-24-12-14-25(15-13-24)29(2,3)4/h6-16,27,32H,17-22H2,1-5H3. The van der Waals surface area contributed by atoms with Gasteiger partial charge in [-0.2, -0.15) is 0 Å². The van der Waals surface area contributed by atoms with E-state index in [-0.39, 0.29) is 12.0 Å². The highest BCUT2D eigenvalue weighted by Crippen LogP contribution is 2.23. The van der Waals surface area contributed by atoms with Crippen LogP contribution in [0.4, 0.5) is 0 Å². The van der Waals surface area contributed by atoms with Crippen molar-refractivity contribution in [2.45, 2.75) is 52.3 Å². The number of aliphatic hydroxyl groups excluding tert-OH is 1. The van der Waals surface area contributed by atoms with Crippen LogP contribution < -0.4 is 4.74 Å². The number of para-hydroxylation sites is 1. The van der Waals surface area contributed by atoms with Crippen LogP contribution in [0.1, 0.15) is 43.2 Å². The van der Waals surface area contributed by atoms with Crippen LogP contribution in [0.5, 0.6) is 5.75 Å². The molecule has 0 aliphatic carbocycles. The second kappa shape index (κ2) is 12.2. The van der Waals surface area contributed by atoms with Crippen molar-refractivity contribution in [1.82, 2.24) is 9.47 Å². The largest absolute Gasteiger partial charge is 0.491 e. The molecule has 0 saturated heterocycles. The number of aromatic nitrogens is 1. The molecule has 1 heterocycles. The van der Waals surface area contributed by atoms with Crippen molar-refractivity contribution in [3.8, 4) is 5.75 Å². The van der Waals surface area contributed by atoms with Gasteiger partial charge in [0.15, 0.2) is 0 Å². The highest BCUT2D eigenvalue weighted by molar-refractivity contribution is 5.31. The van der Waals surface area contributed by atoms with E-state index in [0.29, 0.717) is 13.2 Å². The van der Waals surface area contributed by atoms with E-state index in [1.807, 2.05) is 31.2 Å². The van der Waals surface area contributed by atoms with Gasteiger partial charge < -0.3 is 19.1 Å². The Morgan fingerprint density at radius 2 is 1.74 bits per heavy atom. The predicted molar refractivity (Wildman–Crippen MR) is 139 cm³/mol. The Balaban J connectivity index is 1.61. The third-order valence-corrected chi connectivity index (χ3v) is 6.09. The van der Waals surface area contributed by atoms with Crippen molar-refractivity contribution in [2.75, 3.05) is 33.4 Å². The van der Waals surface area contributed by atoms with Gasteiger partial charge in [-0.25, -0.2) is 0 Å². The van der Waals surface area contributed by atoms with Crippen LogP contribution in [0.25, 0.3) is 0 Å². The van der Waals surface area contributed by atoms with Gasteiger partial charge in [-0.15, -0.1) is 0 Å². The molecule has 1 atom stereocenters. The lowest BCUT2D eigenvalue weighted by Crippen LogP contribution is -2.37. The van der Waals surface area contributed by atoms with Gasteiger partial charge in [-0.1, -0.05) is 63.2 Å². The summed E-state index contributed by atoms with van der Waals surface area (Å²) in [6.45, 7) is 12.4. The SMILES string of the molecule is COCCN(Cc1cccn1Cc1ccc(C(C)(C)C)cc1)CC(O)COc1ccccc1C. The molecule has 5 nitrogen and oxygen atoms in total. The number of benzene rings is 2. The lowest BCUT2D eigenvalue weighted by atomic mass is 9.87. The average Bonchev–Trinajstić information content (AvgIpc) is 3.23. The molecular weight excluding hydrogens is 424 g/mol. The topological polar surface area (TPSA) is 46.9 Å². The van der Waals surface area contributed by atoms with Crippen LogP contribution in [-0.4, -0.2) is 54.1 Å². The van der Waals surface area contributed by atoms with Crippen LogP contribution in [0.2, 0.25) is 0 Å². The zero-order chi connectivity index (χ0) is 24.6. The fourth-order valence-corrected chi connectivity index (χ4v) is 3.99. The maximum Gasteiger partial charge on any atom is 0.122 e. The second-order valence-corrected chi connectivity index (χ2v) is 10.0. The van der Waals surface area contributed by atoms with Gasteiger partial charge in [0.2, 0.25) is 0 Å². The van der Waals surface area contributed by atoms with E-state index in [2.05, 4.69) is 72.8 Å². The summed E-state index contributed by atoms with van der Waals surface area (Å²) in [7, 11) is 1.71. The highest BCUT2D eigenvalue weighted by Gasteiger charge is 2.16. The molecule has 1 N–H and O–H groups in total. The summed E-state index contributed by atoms with van der Waals surface area (Å²) in [4.78, 5) is 2.23. The quantitative estimate of drug-likeness (QED) is 0.408. The molecular formula is C29H40N2O3. The van der Waals surface area contributed by atoms with Gasteiger partial charge >= 0.3 is 0 Å². The number of methoxy groups -OCH3 is 1. The number of hydrogen-bond donors (Lipinski definition) is 1. The van der Waals surface area contributed by atoms with Gasteiger partial charge in [0, 0.05) is 45.2 Å². The van der Waals surface area contributed by atoms with Crippen LogP contribution in [0.15, 0.2) is 66.9 Å². The number of rotatable bonds is 12. The molecule has 0 aliphatic rings. The summed E-state index contributed by atoms with van der Waals surface area (Å²) in [5, 5.41) is 10.7. The first kappa shape index (κ1) is 26.0. The molecule has 5 heteroatoms. The minimum atomic E-state index is -0.593. The third kappa shape index (κ3) is 7.73. The predicted octanol–water partition coefficient (Wildman–Crippen LogP) is 5.03. The van der Waals surface area contributed by atoms with Crippen molar-refractivity contribution < 1.29 is 14.6 Å². The first-order chi connectivity index (χ1) is 16.3. The summed E-state index contributed by atoms with van der Waals surface area (Å²) in [6.07, 6.45) is 1.53. The van der Waals surface area contributed by atoms with E-state index in [9.17, 15) is 5.11 Å². The highest BCUT2D eigenvalue weighted by atomic mass is 16.5. The molecule has 0 bridgehead atoms. The zero-order valence-electron chi connectivity index (χ0n) is 21.3. The molecule has 0 spiro atoms. The van der Waals surface area contributed by atoms with Crippen LogP contribution >= 0.6 is 0 Å². The molecule has 184 valence electrons. The molecule has 1 aromatic heterocycles. The maximum atomic E-state index is 10.7. The molecule has 34 heavy (non-hydrogen) atoms. The molecule has 0 saturated carbocycles. The Kier molecular flexibility index (Phi) is 9.34. The number of aliphatic hydroxyl groups is 1. The summed E-state index contributed by atoms with van der Waals surface area (Å²) in [6, 6.07) is 21.0. The van der Waals surface area contributed by atoms with Gasteiger partial charge in [0.1, 0.15) is 18.5 Å². The Bertz CT molecular complexity index is 1000.